The van der Waals surface area contributed by atoms with Crippen LogP contribution >= 0.6 is 0 Å². The zero-order valence-corrected chi connectivity index (χ0v) is 16.6. The summed E-state index contributed by atoms with van der Waals surface area (Å²) >= 11 is 0. The van der Waals surface area contributed by atoms with Crippen LogP contribution in [0.3, 0.4) is 0 Å². The molecule has 0 radical (unpaired) electrons. The molecule has 2 heterocycles. The van der Waals surface area contributed by atoms with E-state index < -0.39 is 46.8 Å². The Hall–Kier alpha value is -3.00. The quantitative estimate of drug-likeness (QED) is 0.491. The van der Waals surface area contributed by atoms with Crippen molar-refractivity contribution in [1.29, 1.82) is 0 Å². The highest BCUT2D eigenvalue weighted by atomic mass is 16.7. The Balaban J connectivity index is 1.45. The molecule has 2 unspecified atom stereocenters. The lowest BCUT2D eigenvalue weighted by Gasteiger charge is -2.37. The second kappa shape index (κ2) is 9.24. The number of benzene rings is 2. The fourth-order valence-electron chi connectivity index (χ4n) is 3.59. The standard InChI is InChI=1S/C20H20N2O10/c23-15-9-29-20(12-4-2-6-14(8-12)22(27)28)32-18(15)17(24)16-10-30-19(31-16)11-3-1-5-13(7-11)21(25)26/h1-8,15-20,23-24H,9-10H2/t15-,16+,17-,18-,19?,20?/m0/s1. The van der Waals surface area contributed by atoms with Crippen LogP contribution in [0.25, 0.3) is 0 Å². The third-order valence-electron chi connectivity index (χ3n) is 5.21. The first-order valence-electron chi connectivity index (χ1n) is 9.72. The van der Waals surface area contributed by atoms with Crippen molar-refractivity contribution in [3.8, 4) is 0 Å². The number of hydrogen-bond donors (Lipinski definition) is 2. The van der Waals surface area contributed by atoms with Gasteiger partial charge in [0.25, 0.3) is 11.4 Å². The van der Waals surface area contributed by atoms with Gasteiger partial charge in [-0.1, -0.05) is 24.3 Å². The first-order chi connectivity index (χ1) is 15.3. The predicted octanol–water partition coefficient (Wildman–Crippen LogP) is 1.75. The molecule has 12 heteroatoms. The van der Waals surface area contributed by atoms with Crippen molar-refractivity contribution in [2.24, 2.45) is 0 Å². The van der Waals surface area contributed by atoms with Crippen molar-refractivity contribution >= 4 is 11.4 Å². The van der Waals surface area contributed by atoms with E-state index in [0.29, 0.717) is 11.1 Å². The maximum Gasteiger partial charge on any atom is 0.269 e. The molecule has 32 heavy (non-hydrogen) atoms. The SMILES string of the molecule is O=[N+]([O-])c1cccc(C2OC[C@H](O)[C@@H]([C@@H](O)[C@H]3COC(c4cccc([N+](=O)[O-])c4)O3)O2)c1. The van der Waals surface area contributed by atoms with Gasteiger partial charge in [-0.2, -0.15) is 0 Å². The van der Waals surface area contributed by atoms with Gasteiger partial charge in [-0.05, 0) is 0 Å². The number of rotatable bonds is 6. The van der Waals surface area contributed by atoms with E-state index in [9.17, 15) is 30.4 Å². The number of hydrogen-bond acceptors (Lipinski definition) is 10. The van der Waals surface area contributed by atoms with Crippen LogP contribution in [0.5, 0.6) is 0 Å². The van der Waals surface area contributed by atoms with Gasteiger partial charge in [0.05, 0.1) is 23.1 Å². The van der Waals surface area contributed by atoms with Crippen molar-refractivity contribution in [1.82, 2.24) is 0 Å². The van der Waals surface area contributed by atoms with Gasteiger partial charge >= 0.3 is 0 Å². The van der Waals surface area contributed by atoms with Crippen molar-refractivity contribution in [3.05, 3.63) is 79.9 Å². The van der Waals surface area contributed by atoms with Gasteiger partial charge in [0.2, 0.25) is 0 Å². The van der Waals surface area contributed by atoms with Crippen molar-refractivity contribution in [2.75, 3.05) is 13.2 Å². The molecule has 170 valence electrons. The number of ether oxygens (including phenoxy) is 4. The van der Waals surface area contributed by atoms with Crippen LogP contribution in [0.15, 0.2) is 48.5 Å². The summed E-state index contributed by atoms with van der Waals surface area (Å²) in [5.41, 5.74) is 0.505. The van der Waals surface area contributed by atoms with Gasteiger partial charge in [0, 0.05) is 35.4 Å². The van der Waals surface area contributed by atoms with Crippen molar-refractivity contribution in [3.63, 3.8) is 0 Å². The van der Waals surface area contributed by atoms with Crippen LogP contribution < -0.4 is 0 Å². The molecule has 0 saturated carbocycles. The molecule has 0 aliphatic carbocycles. The molecule has 0 amide bonds. The van der Waals surface area contributed by atoms with Crippen LogP contribution in [0.1, 0.15) is 23.7 Å². The Labute approximate surface area is 181 Å². The number of aliphatic hydroxyl groups excluding tert-OH is 2. The first-order valence-corrected chi connectivity index (χ1v) is 9.72. The number of nitro groups is 2. The molecule has 2 aliphatic rings. The van der Waals surface area contributed by atoms with E-state index >= 15 is 0 Å². The summed E-state index contributed by atoms with van der Waals surface area (Å²) in [5.74, 6) is 0. The van der Waals surface area contributed by atoms with Crippen LogP contribution in [0.4, 0.5) is 11.4 Å². The summed E-state index contributed by atoms with van der Waals surface area (Å²) < 4.78 is 22.4. The lowest BCUT2D eigenvalue weighted by atomic mass is 10.0. The number of nitro benzene ring substituents is 2. The first kappa shape index (κ1) is 22.2. The highest BCUT2D eigenvalue weighted by Gasteiger charge is 2.43. The molecule has 6 atom stereocenters. The van der Waals surface area contributed by atoms with Gasteiger partial charge < -0.3 is 29.2 Å². The largest absolute Gasteiger partial charge is 0.388 e. The molecule has 2 fully saturated rings. The molecule has 2 aromatic rings. The smallest absolute Gasteiger partial charge is 0.269 e. The van der Waals surface area contributed by atoms with Gasteiger partial charge in [-0.3, -0.25) is 20.2 Å². The van der Waals surface area contributed by atoms with Gasteiger partial charge in [-0.25, -0.2) is 0 Å². The Kier molecular flexibility index (Phi) is 6.41. The Morgan fingerprint density at radius 1 is 0.875 bits per heavy atom. The minimum Gasteiger partial charge on any atom is -0.388 e. The Morgan fingerprint density at radius 2 is 1.41 bits per heavy atom. The normalized spacial score (nSPS) is 28.9. The zero-order valence-electron chi connectivity index (χ0n) is 16.6. The van der Waals surface area contributed by atoms with Gasteiger partial charge in [0.15, 0.2) is 12.6 Å². The van der Waals surface area contributed by atoms with Gasteiger partial charge in [-0.15, -0.1) is 0 Å². The molecule has 2 aliphatic heterocycles. The van der Waals surface area contributed by atoms with E-state index in [-0.39, 0.29) is 24.6 Å². The van der Waals surface area contributed by atoms with Gasteiger partial charge in [0.1, 0.15) is 24.4 Å². The van der Waals surface area contributed by atoms with Crippen LogP contribution in [-0.2, 0) is 18.9 Å². The average Bonchev–Trinajstić information content (AvgIpc) is 3.29. The Bertz CT molecular complexity index is 1000. The molecule has 2 aromatic carbocycles. The van der Waals surface area contributed by atoms with Crippen LogP contribution in [-0.4, -0.2) is 57.7 Å². The fourth-order valence-corrected chi connectivity index (χ4v) is 3.59. The molecule has 2 saturated heterocycles. The molecule has 4 rings (SSSR count). The minimum absolute atomic E-state index is 0.0383. The van der Waals surface area contributed by atoms with E-state index in [1.54, 1.807) is 12.1 Å². The van der Waals surface area contributed by atoms with Crippen molar-refractivity contribution < 1.29 is 39.0 Å². The Morgan fingerprint density at radius 3 is 1.97 bits per heavy atom. The summed E-state index contributed by atoms with van der Waals surface area (Å²) in [6.45, 7) is -0.208. The van der Waals surface area contributed by atoms with Crippen LogP contribution in [0, 0.1) is 20.2 Å². The average molecular weight is 448 g/mol. The van der Waals surface area contributed by atoms with Crippen LogP contribution in [0.2, 0.25) is 0 Å². The van der Waals surface area contributed by atoms with E-state index in [4.69, 9.17) is 18.9 Å². The number of nitrogens with zero attached hydrogens (tertiary/aromatic N) is 2. The molecule has 0 bridgehead atoms. The number of non-ortho nitro benzene ring substituents is 2. The lowest BCUT2D eigenvalue weighted by Crippen LogP contribution is -2.52. The highest BCUT2D eigenvalue weighted by molar-refractivity contribution is 5.35. The van der Waals surface area contributed by atoms with E-state index in [1.165, 1.54) is 36.4 Å². The summed E-state index contributed by atoms with van der Waals surface area (Å²) in [6.07, 6.45) is -6.47. The van der Waals surface area contributed by atoms with E-state index in [2.05, 4.69) is 0 Å². The monoisotopic (exact) mass is 448 g/mol. The summed E-state index contributed by atoms with van der Waals surface area (Å²) in [5, 5.41) is 43.1. The predicted molar refractivity (Wildman–Crippen MR) is 105 cm³/mol. The third-order valence-corrected chi connectivity index (χ3v) is 5.21. The second-order valence-corrected chi connectivity index (χ2v) is 7.37. The van der Waals surface area contributed by atoms with E-state index in [1.807, 2.05) is 0 Å². The maximum atomic E-state index is 11.0. The fraction of sp³-hybridized carbons (Fsp3) is 0.400. The lowest BCUT2D eigenvalue weighted by molar-refractivity contribution is -0.385. The zero-order chi connectivity index (χ0) is 22.8. The summed E-state index contributed by atoms with van der Waals surface area (Å²) in [6, 6.07) is 11.4. The maximum absolute atomic E-state index is 11.0. The molecule has 0 aromatic heterocycles. The molecule has 12 nitrogen and oxygen atoms in total. The number of aliphatic hydroxyl groups is 2. The highest BCUT2D eigenvalue weighted by Crippen LogP contribution is 2.35. The molecule has 2 N–H and O–H groups in total. The summed E-state index contributed by atoms with van der Waals surface area (Å²) in [7, 11) is 0. The summed E-state index contributed by atoms with van der Waals surface area (Å²) in [4.78, 5) is 20.9. The minimum atomic E-state index is -1.32. The molecular weight excluding hydrogens is 428 g/mol. The van der Waals surface area contributed by atoms with Crippen molar-refractivity contribution in [2.45, 2.75) is 37.0 Å². The molecular formula is C20H20N2O10. The van der Waals surface area contributed by atoms with E-state index in [0.717, 1.165) is 0 Å². The second-order valence-electron chi connectivity index (χ2n) is 7.37. The third kappa shape index (κ3) is 4.60. The topological polar surface area (TPSA) is 164 Å². The molecule has 0 spiro atoms.